The van der Waals surface area contributed by atoms with E-state index >= 15 is 0 Å². The van der Waals surface area contributed by atoms with Crippen molar-refractivity contribution in [1.82, 2.24) is 5.01 Å². The van der Waals surface area contributed by atoms with Gasteiger partial charge in [0.1, 0.15) is 11.3 Å². The molecule has 0 saturated heterocycles. The molecular weight excluding hydrogens is 524 g/mol. The zero-order valence-electron chi connectivity index (χ0n) is 18.3. The van der Waals surface area contributed by atoms with Crippen molar-refractivity contribution in [3.8, 4) is 17.2 Å². The molecule has 3 aromatic carbocycles. The minimum absolute atomic E-state index is 0.0347. The molecule has 0 spiro atoms. The lowest BCUT2D eigenvalue weighted by Crippen LogP contribution is -2.34. The van der Waals surface area contributed by atoms with Gasteiger partial charge in [0, 0.05) is 32.6 Å². The molecule has 0 amide bonds. The van der Waals surface area contributed by atoms with Gasteiger partial charge in [-0.1, -0.05) is 45.7 Å². The lowest BCUT2D eigenvalue weighted by molar-refractivity contribution is -0.0199. The number of hydrazone groups is 1. The minimum Gasteiger partial charge on any atom is -0.493 e. The maximum atomic E-state index is 12.4. The number of carboxylic acids is 1. The van der Waals surface area contributed by atoms with Gasteiger partial charge in [-0.15, -0.1) is 0 Å². The molecule has 0 fully saturated rings. The Bertz CT molecular complexity index is 1330. The molecule has 2 aliphatic heterocycles. The number of carboxylic acid groups (broad SMARTS) is 1. The number of benzene rings is 3. The van der Waals surface area contributed by atoms with Crippen LogP contribution in [0.5, 0.6) is 17.2 Å². The van der Waals surface area contributed by atoms with Crippen LogP contribution in [-0.2, 0) is 0 Å². The molecule has 0 saturated carbocycles. The normalized spacial score (nSPS) is 18.5. The van der Waals surface area contributed by atoms with Crippen LogP contribution >= 0.6 is 27.5 Å². The van der Waals surface area contributed by atoms with Gasteiger partial charge < -0.3 is 19.3 Å². The summed E-state index contributed by atoms with van der Waals surface area (Å²) >= 11 is 10.0. The van der Waals surface area contributed by atoms with Gasteiger partial charge >= 0.3 is 5.97 Å². The smallest absolute Gasteiger partial charge is 0.340 e. The average Bonchev–Trinajstić information content (AvgIpc) is 3.28. The Morgan fingerprint density at radius 3 is 2.65 bits per heavy atom. The highest BCUT2D eigenvalue weighted by atomic mass is 79.9. The first-order valence-electron chi connectivity index (χ1n) is 10.5. The van der Waals surface area contributed by atoms with E-state index in [1.165, 1.54) is 14.2 Å². The molecule has 0 radical (unpaired) electrons. The molecule has 1 N–H and O–H groups in total. The van der Waals surface area contributed by atoms with Crippen LogP contribution in [0.3, 0.4) is 0 Å². The van der Waals surface area contributed by atoms with Crippen molar-refractivity contribution in [2.75, 3.05) is 14.2 Å². The summed E-state index contributed by atoms with van der Waals surface area (Å²) in [5.74, 6) is -0.0380. The van der Waals surface area contributed by atoms with Crippen LogP contribution in [0.4, 0.5) is 0 Å². The van der Waals surface area contributed by atoms with Crippen molar-refractivity contribution in [2.45, 2.75) is 18.7 Å². The molecule has 7 nitrogen and oxygen atoms in total. The molecule has 34 heavy (non-hydrogen) atoms. The monoisotopic (exact) mass is 542 g/mol. The number of halogens is 2. The van der Waals surface area contributed by atoms with E-state index in [9.17, 15) is 9.90 Å². The van der Waals surface area contributed by atoms with Crippen molar-refractivity contribution in [1.29, 1.82) is 0 Å². The highest BCUT2D eigenvalue weighted by Crippen LogP contribution is 2.50. The molecule has 5 rings (SSSR count). The van der Waals surface area contributed by atoms with E-state index in [-0.39, 0.29) is 17.4 Å². The van der Waals surface area contributed by atoms with E-state index in [1.54, 1.807) is 17.1 Å². The van der Waals surface area contributed by atoms with Crippen LogP contribution in [0.2, 0.25) is 5.02 Å². The van der Waals surface area contributed by atoms with Crippen molar-refractivity contribution in [2.24, 2.45) is 5.10 Å². The van der Waals surface area contributed by atoms with Crippen molar-refractivity contribution in [3.05, 3.63) is 86.3 Å². The molecular formula is C25H20BrClN2O5. The third-order valence-corrected chi connectivity index (χ3v) is 6.82. The number of ether oxygens (including phenoxy) is 3. The second-order valence-electron chi connectivity index (χ2n) is 7.85. The molecule has 2 heterocycles. The van der Waals surface area contributed by atoms with Gasteiger partial charge in [0.15, 0.2) is 11.5 Å². The van der Waals surface area contributed by atoms with Gasteiger partial charge in [0.05, 0.1) is 26.0 Å². The fourth-order valence-corrected chi connectivity index (χ4v) is 5.11. The zero-order chi connectivity index (χ0) is 24.0. The van der Waals surface area contributed by atoms with Crippen LogP contribution in [0, 0.1) is 0 Å². The Kier molecular flexibility index (Phi) is 5.87. The predicted octanol–water partition coefficient (Wildman–Crippen LogP) is 6.06. The fourth-order valence-electron chi connectivity index (χ4n) is 4.49. The Balaban J connectivity index is 1.70. The summed E-state index contributed by atoms with van der Waals surface area (Å²) in [5, 5.41) is 17.4. The van der Waals surface area contributed by atoms with Crippen LogP contribution in [0.25, 0.3) is 0 Å². The molecule has 0 aromatic heterocycles. The second kappa shape index (κ2) is 8.85. The van der Waals surface area contributed by atoms with E-state index in [1.807, 2.05) is 42.5 Å². The third-order valence-electron chi connectivity index (χ3n) is 5.99. The van der Waals surface area contributed by atoms with E-state index < -0.39 is 12.2 Å². The summed E-state index contributed by atoms with van der Waals surface area (Å²) in [4.78, 5) is 12.4. The van der Waals surface area contributed by atoms with Crippen molar-refractivity contribution >= 4 is 39.2 Å². The topological polar surface area (TPSA) is 80.6 Å². The maximum Gasteiger partial charge on any atom is 0.340 e. The summed E-state index contributed by atoms with van der Waals surface area (Å²) in [6.07, 6.45) is -0.215. The Hall–Kier alpha value is -3.23. The number of rotatable bonds is 5. The first-order chi connectivity index (χ1) is 16.4. The van der Waals surface area contributed by atoms with Gasteiger partial charge in [0.2, 0.25) is 6.23 Å². The molecule has 0 bridgehead atoms. The van der Waals surface area contributed by atoms with Crippen LogP contribution in [0.1, 0.15) is 45.7 Å². The third kappa shape index (κ3) is 3.67. The number of carbonyl (C=O) groups is 1. The molecule has 0 aliphatic carbocycles. The summed E-state index contributed by atoms with van der Waals surface area (Å²) < 4.78 is 18.0. The summed E-state index contributed by atoms with van der Waals surface area (Å²) in [6, 6.07) is 16.5. The van der Waals surface area contributed by atoms with Crippen LogP contribution in [-0.4, -0.2) is 36.0 Å². The first kappa shape index (κ1) is 22.6. The first-order valence-corrected chi connectivity index (χ1v) is 11.6. The molecule has 174 valence electrons. The largest absolute Gasteiger partial charge is 0.493 e. The highest BCUT2D eigenvalue weighted by Gasteiger charge is 2.43. The number of methoxy groups -OCH3 is 2. The van der Waals surface area contributed by atoms with Gasteiger partial charge in [-0.2, -0.15) is 5.10 Å². The number of hydrogen-bond acceptors (Lipinski definition) is 6. The molecule has 0 unspecified atom stereocenters. The number of hydrogen-bond donors (Lipinski definition) is 1. The zero-order valence-corrected chi connectivity index (χ0v) is 20.6. The Morgan fingerprint density at radius 1 is 1.15 bits per heavy atom. The minimum atomic E-state index is -1.15. The Labute approximate surface area is 209 Å². The summed E-state index contributed by atoms with van der Waals surface area (Å²) in [5.41, 5.74) is 2.96. The standard InChI is InChI=1S/C25H20BrClN2O5/c1-32-21-10-8-15(22(25(30)31)23(21)33-2)24-29-19(16-11-13(26)7-9-20(16)34-24)12-18(28-29)14-5-3-4-6-17(14)27/h3-11,19,24H,12H2,1-2H3,(H,30,31)/t19-,24-/m1/s1. The summed E-state index contributed by atoms with van der Waals surface area (Å²) in [7, 11) is 2.87. The molecule has 9 heteroatoms. The van der Waals surface area contributed by atoms with E-state index in [0.717, 1.165) is 21.3 Å². The summed E-state index contributed by atoms with van der Waals surface area (Å²) in [6.45, 7) is 0. The van der Waals surface area contributed by atoms with Gasteiger partial charge in [-0.05, 0) is 36.4 Å². The highest BCUT2D eigenvalue weighted by molar-refractivity contribution is 9.10. The molecule has 2 aliphatic rings. The Morgan fingerprint density at radius 2 is 1.94 bits per heavy atom. The quantitative estimate of drug-likeness (QED) is 0.421. The fraction of sp³-hybridized carbons (Fsp3) is 0.200. The van der Waals surface area contributed by atoms with Gasteiger partial charge in [0.25, 0.3) is 0 Å². The SMILES string of the molecule is COc1ccc([C@H]2Oc3ccc(Br)cc3[C@H]3CC(c4ccccc4Cl)=NN32)c(C(=O)O)c1OC. The molecule has 2 atom stereocenters. The lowest BCUT2D eigenvalue weighted by Gasteiger charge is -2.38. The lowest BCUT2D eigenvalue weighted by atomic mass is 9.95. The van der Waals surface area contributed by atoms with Gasteiger partial charge in [-0.3, -0.25) is 0 Å². The van der Waals surface area contributed by atoms with Crippen LogP contribution < -0.4 is 14.2 Å². The van der Waals surface area contributed by atoms with E-state index in [0.29, 0.717) is 28.5 Å². The average molecular weight is 544 g/mol. The second-order valence-corrected chi connectivity index (χ2v) is 9.17. The number of nitrogens with zero attached hydrogens (tertiary/aromatic N) is 2. The van der Waals surface area contributed by atoms with Crippen LogP contribution in [0.15, 0.2) is 64.2 Å². The maximum absolute atomic E-state index is 12.4. The number of fused-ring (bicyclic) bond motifs is 3. The molecule has 3 aromatic rings. The van der Waals surface area contributed by atoms with Crippen molar-refractivity contribution < 1.29 is 24.1 Å². The van der Waals surface area contributed by atoms with E-state index in [4.69, 9.17) is 30.9 Å². The van der Waals surface area contributed by atoms with E-state index in [2.05, 4.69) is 15.9 Å². The van der Waals surface area contributed by atoms with Crippen molar-refractivity contribution in [3.63, 3.8) is 0 Å². The predicted molar refractivity (Wildman–Crippen MR) is 131 cm³/mol. The number of aromatic carboxylic acids is 1. The van der Waals surface area contributed by atoms with Gasteiger partial charge in [-0.25, -0.2) is 9.80 Å².